The molecular weight excluding hydrogens is 444 g/mol. The molecule has 6 heteroatoms. The van der Waals surface area contributed by atoms with Crippen molar-refractivity contribution < 1.29 is 29.6 Å². The van der Waals surface area contributed by atoms with Gasteiger partial charge < -0.3 is 24.8 Å². The molecule has 4 rings (SSSR count). The van der Waals surface area contributed by atoms with Gasteiger partial charge in [-0.05, 0) is 42.4 Å². The number of aliphatic hydroxyl groups is 2. The van der Waals surface area contributed by atoms with E-state index < -0.39 is 24.0 Å². The van der Waals surface area contributed by atoms with Crippen LogP contribution in [-0.4, -0.2) is 46.7 Å². The average Bonchev–Trinajstić information content (AvgIpc) is 3.45. The molecule has 0 bridgehead atoms. The predicted octanol–water partition coefficient (Wildman–Crippen LogP) is 4.67. The molecule has 0 radical (unpaired) electrons. The highest BCUT2D eigenvalue weighted by Crippen LogP contribution is 2.39. The van der Waals surface area contributed by atoms with Gasteiger partial charge in [-0.15, -0.1) is 0 Å². The maximum Gasteiger partial charge on any atom is 0.303 e. The lowest BCUT2D eigenvalue weighted by atomic mass is 9.89. The van der Waals surface area contributed by atoms with E-state index in [1.807, 2.05) is 54.6 Å². The Hall–Kier alpha value is -2.77. The largest absolute Gasteiger partial charge is 0.481 e. The maximum absolute atomic E-state index is 10.6. The van der Waals surface area contributed by atoms with Gasteiger partial charge in [-0.1, -0.05) is 72.8 Å². The molecule has 1 saturated carbocycles. The van der Waals surface area contributed by atoms with E-state index in [0.29, 0.717) is 38.9 Å². The highest BCUT2D eigenvalue weighted by atomic mass is 16.7. The number of carbonyl (C=O) groups is 1. The molecule has 6 nitrogen and oxygen atoms in total. The van der Waals surface area contributed by atoms with Gasteiger partial charge in [-0.3, -0.25) is 4.79 Å². The fourth-order valence-corrected chi connectivity index (χ4v) is 5.00. The molecule has 1 saturated heterocycles. The van der Waals surface area contributed by atoms with Crippen LogP contribution in [0.15, 0.2) is 78.9 Å². The summed E-state index contributed by atoms with van der Waals surface area (Å²) >= 11 is 0. The number of ether oxygens (including phenoxy) is 2. The second kappa shape index (κ2) is 11.8. The molecule has 1 heterocycles. The minimum atomic E-state index is -1.01. The molecule has 0 spiro atoms. The Morgan fingerprint density at radius 1 is 0.943 bits per heavy atom. The zero-order valence-electron chi connectivity index (χ0n) is 19.8. The number of hydrogen-bond acceptors (Lipinski definition) is 5. The van der Waals surface area contributed by atoms with Crippen LogP contribution in [0, 0.1) is 11.8 Å². The number of benzene rings is 2. The van der Waals surface area contributed by atoms with Gasteiger partial charge >= 0.3 is 5.97 Å². The third-order valence-corrected chi connectivity index (χ3v) is 6.90. The van der Waals surface area contributed by atoms with E-state index in [1.54, 1.807) is 0 Å². The Kier molecular flexibility index (Phi) is 8.52. The first-order valence-electron chi connectivity index (χ1n) is 12.3. The lowest BCUT2D eigenvalue weighted by Crippen LogP contribution is -2.26. The van der Waals surface area contributed by atoms with Crippen molar-refractivity contribution in [3.8, 4) is 11.1 Å². The van der Waals surface area contributed by atoms with E-state index in [9.17, 15) is 15.0 Å². The number of hydrogen-bond donors (Lipinski definition) is 3. The highest BCUT2D eigenvalue weighted by molar-refractivity contribution is 5.66. The average molecular weight is 479 g/mol. The molecule has 3 N–H and O–H groups in total. The first-order valence-corrected chi connectivity index (χ1v) is 12.3. The second-order valence-corrected chi connectivity index (χ2v) is 9.27. The van der Waals surface area contributed by atoms with Gasteiger partial charge in [0, 0.05) is 24.3 Å². The lowest BCUT2D eigenvalue weighted by Gasteiger charge is -2.26. The quantitative estimate of drug-likeness (QED) is 0.339. The van der Waals surface area contributed by atoms with Crippen molar-refractivity contribution in [2.75, 3.05) is 13.2 Å². The zero-order chi connectivity index (χ0) is 24.7. The van der Waals surface area contributed by atoms with Crippen LogP contribution in [-0.2, 0) is 20.1 Å². The molecule has 0 amide bonds. The van der Waals surface area contributed by atoms with E-state index in [4.69, 9.17) is 14.6 Å². The zero-order valence-corrected chi connectivity index (χ0v) is 19.8. The van der Waals surface area contributed by atoms with Gasteiger partial charge in [0.2, 0.25) is 5.79 Å². The van der Waals surface area contributed by atoms with E-state index >= 15 is 0 Å². The van der Waals surface area contributed by atoms with Crippen LogP contribution < -0.4 is 0 Å². The summed E-state index contributed by atoms with van der Waals surface area (Å²) < 4.78 is 12.1. The van der Waals surface area contributed by atoms with Crippen molar-refractivity contribution in [3.63, 3.8) is 0 Å². The number of rotatable bonds is 10. The molecule has 2 aromatic rings. The van der Waals surface area contributed by atoms with Gasteiger partial charge in [-0.25, -0.2) is 0 Å². The molecule has 35 heavy (non-hydrogen) atoms. The summed E-state index contributed by atoms with van der Waals surface area (Å²) in [6, 6.07) is 18.3. The van der Waals surface area contributed by atoms with Crippen molar-refractivity contribution >= 4 is 5.97 Å². The minimum Gasteiger partial charge on any atom is -0.481 e. The summed E-state index contributed by atoms with van der Waals surface area (Å²) in [7, 11) is 0. The Morgan fingerprint density at radius 2 is 1.63 bits per heavy atom. The van der Waals surface area contributed by atoms with E-state index in [1.165, 1.54) is 0 Å². The van der Waals surface area contributed by atoms with Crippen LogP contribution >= 0.6 is 0 Å². The lowest BCUT2D eigenvalue weighted by molar-refractivity contribution is -0.137. The SMILES string of the molecule is O=C(O)CCC/C=C\C[C@@H]1[C@@H](/C=C/C2(c3ccc(-c4ccccc4)cc3)OCCO2)[C@H](O)C[C@@H]1O. The number of aliphatic carboxylic acids is 1. The smallest absolute Gasteiger partial charge is 0.303 e. The molecule has 0 unspecified atom stereocenters. The Morgan fingerprint density at radius 3 is 2.31 bits per heavy atom. The molecule has 2 aliphatic rings. The van der Waals surface area contributed by atoms with Crippen LogP contribution in [0.2, 0.25) is 0 Å². The van der Waals surface area contributed by atoms with Gasteiger partial charge in [-0.2, -0.15) is 0 Å². The monoisotopic (exact) mass is 478 g/mol. The molecule has 1 aliphatic heterocycles. The first-order chi connectivity index (χ1) is 17.0. The normalized spacial score (nSPS) is 26.1. The van der Waals surface area contributed by atoms with Crippen molar-refractivity contribution in [2.24, 2.45) is 11.8 Å². The summed E-state index contributed by atoms with van der Waals surface area (Å²) in [6.07, 6.45) is 8.86. The van der Waals surface area contributed by atoms with Gasteiger partial charge in [0.1, 0.15) is 0 Å². The van der Waals surface area contributed by atoms with E-state index in [-0.39, 0.29) is 18.3 Å². The van der Waals surface area contributed by atoms with Gasteiger partial charge in [0.25, 0.3) is 0 Å². The fourth-order valence-electron chi connectivity index (χ4n) is 5.00. The number of allylic oxidation sites excluding steroid dienone is 2. The number of unbranched alkanes of at least 4 members (excludes halogenated alkanes) is 1. The predicted molar refractivity (Wildman–Crippen MR) is 133 cm³/mol. The number of carboxylic acid groups (broad SMARTS) is 1. The molecule has 0 aromatic heterocycles. The molecule has 4 atom stereocenters. The van der Waals surface area contributed by atoms with Crippen molar-refractivity contribution in [1.82, 2.24) is 0 Å². The second-order valence-electron chi connectivity index (χ2n) is 9.27. The van der Waals surface area contributed by atoms with E-state index in [0.717, 1.165) is 16.7 Å². The van der Waals surface area contributed by atoms with Crippen LogP contribution in [0.5, 0.6) is 0 Å². The molecule has 1 aliphatic carbocycles. The Bertz CT molecular complexity index is 1010. The number of carboxylic acids is 1. The third-order valence-electron chi connectivity index (χ3n) is 6.90. The van der Waals surface area contributed by atoms with Crippen molar-refractivity contribution in [2.45, 2.75) is 50.1 Å². The van der Waals surface area contributed by atoms with Gasteiger partial charge in [0.15, 0.2) is 0 Å². The minimum absolute atomic E-state index is 0.129. The number of aliphatic hydroxyl groups excluding tert-OH is 2. The summed E-state index contributed by atoms with van der Waals surface area (Å²) in [5.74, 6) is -2.17. The Balaban J connectivity index is 1.46. The van der Waals surface area contributed by atoms with Gasteiger partial charge in [0.05, 0.1) is 25.4 Å². The van der Waals surface area contributed by atoms with E-state index in [2.05, 4.69) is 24.3 Å². The summed E-state index contributed by atoms with van der Waals surface area (Å²) in [5, 5.41) is 29.9. The van der Waals surface area contributed by atoms with Crippen molar-refractivity contribution in [1.29, 1.82) is 0 Å². The molecule has 2 aromatic carbocycles. The maximum atomic E-state index is 10.6. The van der Waals surface area contributed by atoms with Crippen LogP contribution in [0.1, 0.15) is 37.7 Å². The van der Waals surface area contributed by atoms with Crippen LogP contribution in [0.4, 0.5) is 0 Å². The van der Waals surface area contributed by atoms with Crippen LogP contribution in [0.3, 0.4) is 0 Å². The van der Waals surface area contributed by atoms with Crippen LogP contribution in [0.25, 0.3) is 11.1 Å². The third kappa shape index (κ3) is 6.27. The molecule has 186 valence electrons. The summed E-state index contributed by atoms with van der Waals surface area (Å²) in [4.78, 5) is 10.6. The molecule has 2 fully saturated rings. The summed E-state index contributed by atoms with van der Waals surface area (Å²) in [6.45, 7) is 0.951. The Labute approximate surface area is 206 Å². The highest BCUT2D eigenvalue weighted by Gasteiger charge is 2.41. The topological polar surface area (TPSA) is 96.2 Å². The first kappa shape index (κ1) is 25.3. The summed E-state index contributed by atoms with van der Waals surface area (Å²) in [5.41, 5.74) is 3.13. The fraction of sp³-hybridized carbons (Fsp3) is 0.414. The van der Waals surface area contributed by atoms with Crippen molar-refractivity contribution in [3.05, 3.63) is 84.5 Å². The molecular formula is C29H34O6. The standard InChI is InChI=1S/C29H34O6/c30-26-20-27(31)25(24(26)10-6-1-2-7-11-28(32)33)16-17-29(34-18-19-35-29)23-14-12-22(13-15-23)21-8-4-3-5-9-21/h1,3-6,8-9,12-17,24-27,30-31H,2,7,10-11,18-20H2,(H,32,33)/b6-1-,17-16+/t24-,25-,26+,27-/m1/s1.